The van der Waals surface area contributed by atoms with E-state index in [4.69, 9.17) is 24.4 Å². The Morgan fingerprint density at radius 2 is 2.12 bits per heavy atom. The van der Waals surface area contributed by atoms with E-state index in [1.807, 2.05) is 19.2 Å². The topological polar surface area (TPSA) is 106 Å². The second kappa shape index (κ2) is 5.91. The van der Waals surface area contributed by atoms with Crippen LogP contribution < -0.4 is 9.47 Å². The van der Waals surface area contributed by atoms with E-state index in [1.54, 1.807) is 12.1 Å². The SMILES string of the molecule is CN1CC[C@@]23C=C[C@H](OC(=O)O)C[C@@H]2Oc2c(OC(=O)O)ccc(c23)C1. The molecule has 0 fully saturated rings. The Bertz CT molecular complexity index is 805. The number of carboxylic acid groups (broad SMARTS) is 2. The van der Waals surface area contributed by atoms with Crippen molar-refractivity contribution in [1.82, 2.24) is 4.90 Å². The summed E-state index contributed by atoms with van der Waals surface area (Å²) in [6, 6.07) is 3.49. The number of benzene rings is 1. The third-order valence-electron chi connectivity index (χ3n) is 5.36. The third-order valence-corrected chi connectivity index (χ3v) is 5.36. The van der Waals surface area contributed by atoms with E-state index in [2.05, 4.69) is 4.90 Å². The maximum absolute atomic E-state index is 11.0. The Morgan fingerprint density at radius 3 is 2.85 bits per heavy atom. The molecule has 8 heteroatoms. The molecule has 0 aromatic heterocycles. The first kappa shape index (κ1) is 16.7. The van der Waals surface area contributed by atoms with Crippen molar-refractivity contribution in [3.63, 3.8) is 0 Å². The fourth-order valence-corrected chi connectivity index (χ4v) is 4.30. The second-order valence-corrected chi connectivity index (χ2v) is 6.95. The Balaban J connectivity index is 1.81. The van der Waals surface area contributed by atoms with Gasteiger partial charge in [0.25, 0.3) is 0 Å². The van der Waals surface area contributed by atoms with Gasteiger partial charge in [0.1, 0.15) is 12.2 Å². The van der Waals surface area contributed by atoms with Crippen molar-refractivity contribution in [2.24, 2.45) is 0 Å². The van der Waals surface area contributed by atoms with E-state index < -0.39 is 23.8 Å². The molecule has 0 unspecified atom stereocenters. The highest BCUT2D eigenvalue weighted by atomic mass is 16.7. The average Bonchev–Trinajstić information content (AvgIpc) is 2.82. The predicted octanol–water partition coefficient (Wildman–Crippen LogP) is 2.60. The van der Waals surface area contributed by atoms with Crippen molar-refractivity contribution in [2.75, 3.05) is 13.6 Å². The molecule has 1 aliphatic carbocycles. The number of rotatable bonds is 2. The van der Waals surface area contributed by atoms with Crippen LogP contribution in [0.15, 0.2) is 24.3 Å². The van der Waals surface area contributed by atoms with Crippen molar-refractivity contribution in [3.8, 4) is 11.5 Å². The summed E-state index contributed by atoms with van der Waals surface area (Å²) in [6.07, 6.45) is 1.22. The fourth-order valence-electron chi connectivity index (χ4n) is 4.30. The lowest BCUT2D eigenvalue weighted by molar-refractivity contribution is 0.0336. The minimum atomic E-state index is -1.40. The summed E-state index contributed by atoms with van der Waals surface area (Å²) in [5.74, 6) is 0.601. The summed E-state index contributed by atoms with van der Waals surface area (Å²) in [4.78, 5) is 24.1. The highest BCUT2D eigenvalue weighted by molar-refractivity contribution is 5.67. The maximum atomic E-state index is 11.0. The molecular formula is C18H19NO7. The molecule has 138 valence electrons. The molecule has 1 spiro atoms. The van der Waals surface area contributed by atoms with E-state index >= 15 is 0 Å². The number of hydrogen-bond donors (Lipinski definition) is 2. The maximum Gasteiger partial charge on any atom is 0.511 e. The van der Waals surface area contributed by atoms with Crippen LogP contribution >= 0.6 is 0 Å². The van der Waals surface area contributed by atoms with Gasteiger partial charge in [0.05, 0.1) is 5.41 Å². The summed E-state index contributed by atoms with van der Waals surface area (Å²) in [5, 5.41) is 17.9. The largest absolute Gasteiger partial charge is 0.511 e. The Hall–Kier alpha value is -2.74. The van der Waals surface area contributed by atoms with Gasteiger partial charge in [-0.15, -0.1) is 0 Å². The van der Waals surface area contributed by atoms with E-state index in [9.17, 15) is 9.59 Å². The smallest absolute Gasteiger partial charge is 0.485 e. The Labute approximate surface area is 149 Å². The molecule has 0 amide bonds. The zero-order valence-electron chi connectivity index (χ0n) is 14.2. The van der Waals surface area contributed by atoms with Crippen LogP contribution in [-0.4, -0.2) is 53.2 Å². The average molecular weight is 361 g/mol. The zero-order valence-corrected chi connectivity index (χ0v) is 14.2. The molecule has 2 N–H and O–H groups in total. The number of nitrogens with zero attached hydrogens (tertiary/aromatic N) is 1. The molecule has 3 atom stereocenters. The van der Waals surface area contributed by atoms with Crippen molar-refractivity contribution in [1.29, 1.82) is 0 Å². The van der Waals surface area contributed by atoms with Gasteiger partial charge in [-0.2, -0.15) is 0 Å². The third kappa shape index (κ3) is 2.57. The van der Waals surface area contributed by atoms with Gasteiger partial charge in [-0.25, -0.2) is 9.59 Å². The van der Waals surface area contributed by atoms with Crippen LogP contribution in [0.25, 0.3) is 0 Å². The summed E-state index contributed by atoms with van der Waals surface area (Å²) in [5.41, 5.74) is 1.56. The summed E-state index contributed by atoms with van der Waals surface area (Å²) < 4.78 is 15.9. The van der Waals surface area contributed by atoms with Gasteiger partial charge in [-0.1, -0.05) is 12.1 Å². The molecule has 2 aliphatic heterocycles. The van der Waals surface area contributed by atoms with Gasteiger partial charge < -0.3 is 29.3 Å². The fraction of sp³-hybridized carbons (Fsp3) is 0.444. The van der Waals surface area contributed by atoms with Crippen molar-refractivity contribution in [3.05, 3.63) is 35.4 Å². The van der Waals surface area contributed by atoms with Crippen LogP contribution in [0.5, 0.6) is 11.5 Å². The molecule has 0 saturated carbocycles. The molecule has 0 saturated heterocycles. The molecule has 26 heavy (non-hydrogen) atoms. The highest BCUT2D eigenvalue weighted by Gasteiger charge is 2.53. The van der Waals surface area contributed by atoms with Gasteiger partial charge in [0.2, 0.25) is 0 Å². The molecule has 3 aliphatic rings. The van der Waals surface area contributed by atoms with E-state index in [1.165, 1.54) is 0 Å². The monoisotopic (exact) mass is 361 g/mol. The first-order valence-corrected chi connectivity index (χ1v) is 8.40. The number of hydrogen-bond acceptors (Lipinski definition) is 6. The molecule has 0 bridgehead atoms. The minimum absolute atomic E-state index is 0.165. The summed E-state index contributed by atoms with van der Waals surface area (Å²) in [6.45, 7) is 1.55. The van der Waals surface area contributed by atoms with Gasteiger partial charge in [-0.3, -0.25) is 0 Å². The molecule has 4 rings (SSSR count). The van der Waals surface area contributed by atoms with Crippen LogP contribution in [0.4, 0.5) is 9.59 Å². The molecule has 0 radical (unpaired) electrons. The molecule has 8 nitrogen and oxygen atoms in total. The van der Waals surface area contributed by atoms with Crippen LogP contribution in [-0.2, 0) is 16.7 Å². The second-order valence-electron chi connectivity index (χ2n) is 6.95. The lowest BCUT2D eigenvalue weighted by Gasteiger charge is -2.36. The van der Waals surface area contributed by atoms with E-state index in [0.29, 0.717) is 12.2 Å². The first-order chi connectivity index (χ1) is 12.4. The number of ether oxygens (including phenoxy) is 3. The quantitative estimate of drug-likeness (QED) is 0.470. The minimum Gasteiger partial charge on any atom is -0.485 e. The molecule has 1 aromatic rings. The van der Waals surface area contributed by atoms with E-state index in [0.717, 1.165) is 30.6 Å². The van der Waals surface area contributed by atoms with Gasteiger partial charge >= 0.3 is 12.3 Å². The summed E-state index contributed by atoms with van der Waals surface area (Å²) >= 11 is 0. The van der Waals surface area contributed by atoms with Gasteiger partial charge in [0, 0.05) is 18.5 Å². The lowest BCUT2D eigenvalue weighted by Crippen LogP contribution is -2.43. The molecular weight excluding hydrogens is 342 g/mol. The van der Waals surface area contributed by atoms with Gasteiger partial charge in [-0.05, 0) is 37.7 Å². The normalized spacial score (nSPS) is 29.1. The predicted molar refractivity (Wildman–Crippen MR) is 88.8 cm³/mol. The van der Waals surface area contributed by atoms with Gasteiger partial charge in [0.15, 0.2) is 11.5 Å². The standard InChI is InChI=1S/C18H19NO7/c1-19-7-6-18-5-4-11(24-16(20)21)8-13(18)26-15-12(25-17(22)23)3-2-10(9-19)14(15)18/h2-5,11,13H,6-9H2,1H3,(H,20,21)(H,22,23)/t11-,13-,18-/m0/s1. The van der Waals surface area contributed by atoms with Crippen molar-refractivity contribution >= 4 is 12.3 Å². The zero-order chi connectivity index (χ0) is 18.5. The Kier molecular flexibility index (Phi) is 3.80. The van der Waals surface area contributed by atoms with E-state index in [-0.39, 0.29) is 11.9 Å². The lowest BCUT2D eigenvalue weighted by atomic mass is 9.69. The first-order valence-electron chi connectivity index (χ1n) is 8.40. The highest BCUT2D eigenvalue weighted by Crippen LogP contribution is 2.55. The van der Waals surface area contributed by atoms with Crippen molar-refractivity contribution in [2.45, 2.75) is 37.0 Å². The Morgan fingerprint density at radius 1 is 1.31 bits per heavy atom. The van der Waals surface area contributed by atoms with Crippen LogP contribution in [0.1, 0.15) is 24.0 Å². The summed E-state index contributed by atoms with van der Waals surface area (Å²) in [7, 11) is 2.03. The number of carbonyl (C=O) groups is 2. The van der Waals surface area contributed by atoms with Crippen LogP contribution in [0.3, 0.4) is 0 Å². The van der Waals surface area contributed by atoms with Crippen molar-refractivity contribution < 1.29 is 34.0 Å². The molecule has 2 heterocycles. The van der Waals surface area contributed by atoms with Crippen LogP contribution in [0, 0.1) is 0 Å². The van der Waals surface area contributed by atoms with Crippen LogP contribution in [0.2, 0.25) is 0 Å². The molecule has 1 aromatic carbocycles.